The highest BCUT2D eigenvalue weighted by atomic mass is 16.5. The fourth-order valence-electron chi connectivity index (χ4n) is 2.08. The van der Waals surface area contributed by atoms with E-state index in [1.165, 1.54) is 0 Å². The van der Waals surface area contributed by atoms with Gasteiger partial charge in [0.05, 0.1) is 7.11 Å². The van der Waals surface area contributed by atoms with E-state index in [-0.39, 0.29) is 0 Å². The molecule has 0 aliphatic heterocycles. The number of fused-ring (bicyclic) bond motifs is 1. The van der Waals surface area contributed by atoms with Gasteiger partial charge in [0.15, 0.2) is 0 Å². The average molecular weight is 257 g/mol. The van der Waals surface area contributed by atoms with E-state index in [1.54, 1.807) is 7.11 Å². The third-order valence-corrected chi connectivity index (χ3v) is 3.09. The van der Waals surface area contributed by atoms with Gasteiger partial charge in [0, 0.05) is 23.5 Å². The first-order valence-electron chi connectivity index (χ1n) is 6.24. The van der Waals surface area contributed by atoms with Crippen LogP contribution >= 0.6 is 0 Å². The Hall–Kier alpha value is -2.30. The summed E-state index contributed by atoms with van der Waals surface area (Å²) in [5.41, 5.74) is 1.12. The Balaban J connectivity index is 1.92. The molecule has 0 amide bonds. The molecule has 0 saturated heterocycles. The zero-order chi connectivity index (χ0) is 13.2. The van der Waals surface area contributed by atoms with Crippen LogP contribution in [-0.2, 0) is 13.0 Å². The Labute approximate surface area is 110 Å². The van der Waals surface area contributed by atoms with Crippen LogP contribution in [0.3, 0.4) is 0 Å². The lowest BCUT2D eigenvalue weighted by Crippen LogP contribution is -1.98. The molecule has 5 nitrogen and oxygen atoms in total. The van der Waals surface area contributed by atoms with Crippen molar-refractivity contribution in [2.75, 3.05) is 7.11 Å². The summed E-state index contributed by atoms with van der Waals surface area (Å²) in [4.78, 5) is 0. The van der Waals surface area contributed by atoms with Gasteiger partial charge in [-0.3, -0.25) is 0 Å². The Morgan fingerprint density at radius 2 is 2.05 bits per heavy atom. The van der Waals surface area contributed by atoms with E-state index < -0.39 is 0 Å². The fraction of sp³-hybridized carbons (Fsp3) is 0.286. The number of hydrogen-bond acceptors (Lipinski definition) is 4. The summed E-state index contributed by atoms with van der Waals surface area (Å²) >= 11 is 0. The van der Waals surface area contributed by atoms with Gasteiger partial charge in [-0.15, -0.1) is 10.2 Å². The first kappa shape index (κ1) is 11.8. The Kier molecular flexibility index (Phi) is 2.95. The molecule has 2 aromatic heterocycles. The summed E-state index contributed by atoms with van der Waals surface area (Å²) in [6.45, 7) is 2.58. The molecule has 19 heavy (non-hydrogen) atoms. The van der Waals surface area contributed by atoms with Gasteiger partial charge in [0.25, 0.3) is 0 Å². The minimum absolute atomic E-state index is 0.586. The van der Waals surface area contributed by atoms with Crippen molar-refractivity contribution in [1.82, 2.24) is 14.8 Å². The van der Waals surface area contributed by atoms with Crippen molar-refractivity contribution in [3.05, 3.63) is 42.2 Å². The van der Waals surface area contributed by atoms with E-state index in [9.17, 15) is 0 Å². The smallest absolute Gasteiger partial charge is 0.236 e. The monoisotopic (exact) mass is 257 g/mol. The number of ether oxygens (including phenoxy) is 1. The van der Waals surface area contributed by atoms with Crippen LogP contribution in [-0.4, -0.2) is 21.9 Å². The highest BCUT2D eigenvalue weighted by Gasteiger charge is 2.08. The van der Waals surface area contributed by atoms with Crippen molar-refractivity contribution in [1.29, 1.82) is 0 Å². The van der Waals surface area contributed by atoms with Crippen molar-refractivity contribution in [3.8, 4) is 5.75 Å². The number of hydrogen-bond donors (Lipinski definition) is 0. The van der Waals surface area contributed by atoms with Crippen LogP contribution in [0.2, 0.25) is 0 Å². The predicted molar refractivity (Wildman–Crippen MR) is 71.3 cm³/mol. The van der Waals surface area contributed by atoms with Gasteiger partial charge in [-0.2, -0.15) is 0 Å². The topological polar surface area (TPSA) is 53.1 Å². The van der Waals surface area contributed by atoms with Crippen LogP contribution in [0.15, 0.2) is 34.9 Å². The minimum atomic E-state index is 0.586. The molecular formula is C14H15N3O2. The van der Waals surface area contributed by atoms with Crippen LogP contribution in [0.25, 0.3) is 10.9 Å². The normalized spacial score (nSPS) is 11.1. The molecular weight excluding hydrogens is 242 g/mol. The summed E-state index contributed by atoms with van der Waals surface area (Å²) in [7, 11) is 1.67. The molecule has 0 saturated carbocycles. The van der Waals surface area contributed by atoms with Crippen LogP contribution < -0.4 is 4.74 Å². The first-order chi connectivity index (χ1) is 9.30. The number of methoxy groups -OCH3 is 1. The highest BCUT2D eigenvalue weighted by Crippen LogP contribution is 2.22. The SMILES string of the molecule is CCc1nnc(Cn2ccc3cc(OC)ccc32)o1. The van der Waals surface area contributed by atoms with Gasteiger partial charge in [-0.1, -0.05) is 6.92 Å². The maximum atomic E-state index is 5.53. The second kappa shape index (κ2) is 4.76. The van der Waals surface area contributed by atoms with Crippen molar-refractivity contribution in [2.24, 2.45) is 0 Å². The van der Waals surface area contributed by atoms with E-state index >= 15 is 0 Å². The lowest BCUT2D eigenvalue weighted by atomic mass is 10.2. The molecule has 0 spiro atoms. The predicted octanol–water partition coefficient (Wildman–Crippen LogP) is 2.64. The number of benzene rings is 1. The van der Waals surface area contributed by atoms with E-state index in [0.717, 1.165) is 23.1 Å². The third kappa shape index (κ3) is 2.19. The van der Waals surface area contributed by atoms with Crippen LogP contribution in [0.5, 0.6) is 5.75 Å². The van der Waals surface area contributed by atoms with Gasteiger partial charge in [-0.05, 0) is 24.3 Å². The molecule has 3 rings (SSSR count). The van der Waals surface area contributed by atoms with Gasteiger partial charge < -0.3 is 13.7 Å². The molecule has 0 unspecified atom stereocenters. The molecule has 0 fully saturated rings. The summed E-state index contributed by atoms with van der Waals surface area (Å²) < 4.78 is 12.8. The summed E-state index contributed by atoms with van der Waals surface area (Å²) in [5, 5.41) is 9.15. The Morgan fingerprint density at radius 3 is 2.79 bits per heavy atom. The van der Waals surface area contributed by atoms with Gasteiger partial charge in [-0.25, -0.2) is 0 Å². The van der Waals surface area contributed by atoms with Gasteiger partial charge >= 0.3 is 0 Å². The highest BCUT2D eigenvalue weighted by molar-refractivity contribution is 5.81. The van der Waals surface area contributed by atoms with Crippen molar-refractivity contribution >= 4 is 10.9 Å². The third-order valence-electron chi connectivity index (χ3n) is 3.09. The molecule has 0 aliphatic carbocycles. The quantitative estimate of drug-likeness (QED) is 0.721. The minimum Gasteiger partial charge on any atom is -0.497 e. The standard InChI is InChI=1S/C14H15N3O2/c1-3-13-15-16-14(19-13)9-17-7-6-10-8-11(18-2)4-5-12(10)17/h4-8H,3,9H2,1-2H3. The number of rotatable bonds is 4. The first-order valence-corrected chi connectivity index (χ1v) is 6.24. The Morgan fingerprint density at radius 1 is 1.21 bits per heavy atom. The maximum absolute atomic E-state index is 5.53. The molecule has 0 bridgehead atoms. The zero-order valence-corrected chi connectivity index (χ0v) is 11.0. The van der Waals surface area contributed by atoms with Crippen molar-refractivity contribution < 1.29 is 9.15 Å². The molecule has 0 radical (unpaired) electrons. The number of nitrogens with zero attached hydrogens (tertiary/aromatic N) is 3. The average Bonchev–Trinajstić information content (AvgIpc) is 3.06. The van der Waals surface area contributed by atoms with Gasteiger partial charge in [0.1, 0.15) is 12.3 Å². The molecule has 3 aromatic rings. The fourth-order valence-corrected chi connectivity index (χ4v) is 2.08. The van der Waals surface area contributed by atoms with Crippen LogP contribution in [0, 0.1) is 0 Å². The molecule has 0 N–H and O–H groups in total. The van der Waals surface area contributed by atoms with Gasteiger partial charge in [0.2, 0.25) is 11.8 Å². The number of aryl methyl sites for hydroxylation is 1. The summed E-state index contributed by atoms with van der Waals surface area (Å²) in [5.74, 6) is 2.16. The van der Waals surface area contributed by atoms with E-state index in [4.69, 9.17) is 9.15 Å². The molecule has 2 heterocycles. The van der Waals surface area contributed by atoms with E-state index in [1.807, 2.05) is 31.3 Å². The Bertz CT molecular complexity index is 700. The lowest BCUT2D eigenvalue weighted by Gasteiger charge is -2.03. The maximum Gasteiger partial charge on any atom is 0.236 e. The van der Waals surface area contributed by atoms with Crippen LogP contribution in [0.1, 0.15) is 18.7 Å². The van der Waals surface area contributed by atoms with Crippen molar-refractivity contribution in [2.45, 2.75) is 19.9 Å². The second-order valence-electron chi connectivity index (χ2n) is 4.31. The summed E-state index contributed by atoms with van der Waals surface area (Å²) in [6, 6.07) is 8.04. The van der Waals surface area contributed by atoms with Crippen molar-refractivity contribution in [3.63, 3.8) is 0 Å². The second-order valence-corrected chi connectivity index (χ2v) is 4.31. The molecule has 5 heteroatoms. The molecule has 0 aliphatic rings. The number of aromatic nitrogens is 3. The van der Waals surface area contributed by atoms with E-state index in [0.29, 0.717) is 18.3 Å². The molecule has 0 atom stereocenters. The molecule has 98 valence electrons. The molecule has 1 aromatic carbocycles. The summed E-state index contributed by atoms with van der Waals surface area (Å²) in [6.07, 6.45) is 2.77. The van der Waals surface area contributed by atoms with Crippen LogP contribution in [0.4, 0.5) is 0 Å². The largest absolute Gasteiger partial charge is 0.497 e. The zero-order valence-electron chi connectivity index (χ0n) is 11.0. The van der Waals surface area contributed by atoms with E-state index in [2.05, 4.69) is 20.8 Å². The lowest BCUT2D eigenvalue weighted by molar-refractivity contribution is 0.415.